The van der Waals surface area contributed by atoms with Gasteiger partial charge in [-0.1, -0.05) is 84.1 Å². The fraction of sp³-hybridized carbons (Fsp3) is 0.619. The van der Waals surface area contributed by atoms with Crippen molar-refractivity contribution in [1.29, 1.82) is 0 Å². The summed E-state index contributed by atoms with van der Waals surface area (Å²) in [6.07, 6.45) is 4.08. The molecule has 0 aliphatic carbocycles. The van der Waals surface area contributed by atoms with Gasteiger partial charge in [0.05, 0.1) is 0 Å². The normalized spacial score (nSPS) is 7.59. The highest BCUT2D eigenvalue weighted by Gasteiger charge is 1.93. The SMILES string of the molecule is C=C(C)C.CC.CC.CCCCC.Cc1ccc(F)c(C)c1. The van der Waals surface area contributed by atoms with Crippen LogP contribution < -0.4 is 0 Å². The van der Waals surface area contributed by atoms with Gasteiger partial charge in [0.25, 0.3) is 0 Å². The van der Waals surface area contributed by atoms with Crippen LogP contribution in [-0.4, -0.2) is 0 Å². The van der Waals surface area contributed by atoms with E-state index in [1.54, 1.807) is 13.0 Å². The molecule has 0 atom stereocenters. The number of benzene rings is 1. The predicted molar refractivity (Wildman–Crippen MR) is 104 cm³/mol. The second-order valence-electron chi connectivity index (χ2n) is 4.81. The van der Waals surface area contributed by atoms with Crippen molar-refractivity contribution in [3.63, 3.8) is 0 Å². The number of rotatable bonds is 2. The van der Waals surface area contributed by atoms with Crippen LogP contribution in [0.2, 0.25) is 0 Å². The third kappa shape index (κ3) is 31.3. The molecule has 22 heavy (non-hydrogen) atoms. The second-order valence-corrected chi connectivity index (χ2v) is 4.81. The summed E-state index contributed by atoms with van der Waals surface area (Å²) in [5, 5.41) is 0. The molecule has 0 radical (unpaired) electrons. The molecule has 1 aromatic carbocycles. The zero-order chi connectivity index (χ0) is 18.6. The predicted octanol–water partition coefficient (Wildman–Crippen LogP) is 8.27. The summed E-state index contributed by atoms with van der Waals surface area (Å²) < 4.78 is 12.5. The molecule has 0 N–H and O–H groups in total. The number of hydrogen-bond donors (Lipinski definition) is 0. The van der Waals surface area contributed by atoms with Gasteiger partial charge in [0.1, 0.15) is 5.82 Å². The first kappa shape index (κ1) is 29.0. The maximum atomic E-state index is 12.5. The summed E-state index contributed by atoms with van der Waals surface area (Å²) in [5.74, 6) is -0.124. The largest absolute Gasteiger partial charge is 0.207 e. The number of hydrogen-bond acceptors (Lipinski definition) is 0. The topological polar surface area (TPSA) is 0 Å². The second kappa shape index (κ2) is 24.9. The summed E-state index contributed by atoms with van der Waals surface area (Å²) in [6.45, 7) is 23.6. The molecule has 0 aliphatic heterocycles. The quantitative estimate of drug-likeness (QED) is 0.482. The Hall–Kier alpha value is -1.11. The molecule has 0 fully saturated rings. The molecule has 1 rings (SSSR count). The van der Waals surface area contributed by atoms with E-state index in [1.807, 2.05) is 54.5 Å². The molecule has 0 saturated carbocycles. The Labute approximate surface area is 140 Å². The molecule has 132 valence electrons. The van der Waals surface area contributed by atoms with Crippen molar-refractivity contribution in [2.45, 2.75) is 88.5 Å². The number of aryl methyl sites for hydroxylation is 2. The third-order valence-electron chi connectivity index (χ3n) is 2.02. The highest BCUT2D eigenvalue weighted by Crippen LogP contribution is 2.06. The van der Waals surface area contributed by atoms with Crippen LogP contribution in [0.3, 0.4) is 0 Å². The van der Waals surface area contributed by atoms with Gasteiger partial charge >= 0.3 is 0 Å². The fourth-order valence-corrected chi connectivity index (χ4v) is 1.15. The minimum Gasteiger partial charge on any atom is -0.207 e. The van der Waals surface area contributed by atoms with Crippen molar-refractivity contribution in [1.82, 2.24) is 0 Å². The Bertz CT molecular complexity index is 321. The summed E-state index contributed by atoms with van der Waals surface area (Å²) >= 11 is 0. The zero-order valence-corrected chi connectivity index (χ0v) is 16.9. The van der Waals surface area contributed by atoms with Crippen molar-refractivity contribution < 1.29 is 4.39 Å². The Morgan fingerprint density at radius 3 is 1.50 bits per heavy atom. The van der Waals surface area contributed by atoms with E-state index in [2.05, 4.69) is 20.4 Å². The van der Waals surface area contributed by atoms with Crippen molar-refractivity contribution in [2.24, 2.45) is 0 Å². The molecule has 0 unspecified atom stereocenters. The molecular weight excluding hydrogens is 271 g/mol. The minimum atomic E-state index is -0.124. The lowest BCUT2D eigenvalue weighted by atomic mass is 10.1. The van der Waals surface area contributed by atoms with Crippen LogP contribution >= 0.6 is 0 Å². The maximum absolute atomic E-state index is 12.5. The molecule has 0 heterocycles. The molecule has 0 spiro atoms. The summed E-state index contributed by atoms with van der Waals surface area (Å²) in [7, 11) is 0. The Morgan fingerprint density at radius 1 is 0.955 bits per heavy atom. The van der Waals surface area contributed by atoms with Gasteiger partial charge in [-0.25, -0.2) is 4.39 Å². The lowest BCUT2D eigenvalue weighted by Crippen LogP contribution is -1.81. The first-order valence-corrected chi connectivity index (χ1v) is 8.69. The van der Waals surface area contributed by atoms with Crippen molar-refractivity contribution in [2.75, 3.05) is 0 Å². The summed E-state index contributed by atoms with van der Waals surface area (Å²) in [6, 6.07) is 5.09. The lowest BCUT2D eigenvalue weighted by molar-refractivity contribution is 0.618. The van der Waals surface area contributed by atoms with Crippen LogP contribution in [0.15, 0.2) is 30.4 Å². The van der Waals surface area contributed by atoms with Gasteiger partial charge in [-0.15, -0.1) is 6.58 Å². The standard InChI is InChI=1S/C8H9F.C5H12.C4H8.2C2H6/c1-6-3-4-8(9)7(2)5-6;1-3-5-4-2;1-4(2)3;2*1-2/h3-5H,1-2H3;3-5H2,1-2H3;1H2,2-3H3;2*1-2H3. The molecule has 1 heteroatoms. The average Bonchev–Trinajstić information content (AvgIpc) is 2.48. The van der Waals surface area contributed by atoms with Gasteiger partial charge in [-0.2, -0.15) is 0 Å². The monoisotopic (exact) mass is 312 g/mol. The lowest BCUT2D eigenvalue weighted by Gasteiger charge is -1.95. The molecule has 1 aromatic rings. The molecule has 0 nitrogen and oxygen atoms in total. The van der Waals surface area contributed by atoms with E-state index in [0.29, 0.717) is 0 Å². The van der Waals surface area contributed by atoms with Crippen LogP contribution in [0.1, 0.15) is 85.8 Å². The maximum Gasteiger partial charge on any atom is 0.126 e. The number of unbranched alkanes of at least 4 members (excludes halogenated alkanes) is 2. The highest BCUT2D eigenvalue weighted by molar-refractivity contribution is 5.22. The highest BCUT2D eigenvalue weighted by atomic mass is 19.1. The molecular formula is C21H41F. The van der Waals surface area contributed by atoms with E-state index >= 15 is 0 Å². The minimum absolute atomic E-state index is 0.124. The van der Waals surface area contributed by atoms with E-state index in [0.717, 1.165) is 11.1 Å². The van der Waals surface area contributed by atoms with E-state index in [9.17, 15) is 4.39 Å². The molecule has 0 amide bonds. The van der Waals surface area contributed by atoms with E-state index in [-0.39, 0.29) is 5.82 Å². The third-order valence-corrected chi connectivity index (χ3v) is 2.02. The van der Waals surface area contributed by atoms with Crippen LogP contribution in [0.5, 0.6) is 0 Å². The van der Waals surface area contributed by atoms with Gasteiger partial charge in [0.15, 0.2) is 0 Å². The zero-order valence-electron chi connectivity index (χ0n) is 16.9. The van der Waals surface area contributed by atoms with E-state index < -0.39 is 0 Å². The summed E-state index contributed by atoms with van der Waals surface area (Å²) in [5.41, 5.74) is 2.99. The van der Waals surface area contributed by atoms with Gasteiger partial charge in [0, 0.05) is 0 Å². The van der Waals surface area contributed by atoms with Crippen LogP contribution in [0.4, 0.5) is 4.39 Å². The number of halogens is 1. The van der Waals surface area contributed by atoms with E-state index in [1.165, 1.54) is 30.9 Å². The average molecular weight is 313 g/mol. The Balaban J connectivity index is -0.000000107. The Morgan fingerprint density at radius 2 is 1.32 bits per heavy atom. The first-order chi connectivity index (χ1) is 10.3. The van der Waals surface area contributed by atoms with Crippen LogP contribution in [-0.2, 0) is 0 Å². The van der Waals surface area contributed by atoms with Crippen molar-refractivity contribution in [3.05, 3.63) is 47.3 Å². The van der Waals surface area contributed by atoms with Crippen LogP contribution in [0.25, 0.3) is 0 Å². The summed E-state index contributed by atoms with van der Waals surface area (Å²) in [4.78, 5) is 0. The molecule has 0 bridgehead atoms. The molecule has 0 aromatic heterocycles. The van der Waals surface area contributed by atoms with Gasteiger partial charge in [-0.05, 0) is 39.3 Å². The number of allylic oxidation sites excluding steroid dienone is 1. The van der Waals surface area contributed by atoms with Gasteiger partial charge in [-0.3, -0.25) is 0 Å². The van der Waals surface area contributed by atoms with Crippen molar-refractivity contribution in [3.8, 4) is 0 Å². The smallest absolute Gasteiger partial charge is 0.126 e. The molecule has 0 aliphatic rings. The van der Waals surface area contributed by atoms with Gasteiger partial charge < -0.3 is 0 Å². The Kier molecular flexibility index (Phi) is 32.8. The fourth-order valence-electron chi connectivity index (χ4n) is 1.15. The van der Waals surface area contributed by atoms with E-state index in [4.69, 9.17) is 0 Å². The first-order valence-electron chi connectivity index (χ1n) is 8.69. The van der Waals surface area contributed by atoms with Gasteiger partial charge in [0.2, 0.25) is 0 Å². The van der Waals surface area contributed by atoms with Crippen molar-refractivity contribution >= 4 is 0 Å². The van der Waals surface area contributed by atoms with Crippen LogP contribution in [0, 0.1) is 19.7 Å². The molecule has 0 saturated heterocycles.